The van der Waals surface area contributed by atoms with Gasteiger partial charge in [-0.2, -0.15) is 0 Å². The lowest BCUT2D eigenvalue weighted by Crippen LogP contribution is -2.08. The molecule has 0 aliphatic heterocycles. The summed E-state index contributed by atoms with van der Waals surface area (Å²) in [6.45, 7) is 3.78. The van der Waals surface area contributed by atoms with E-state index in [1.807, 2.05) is 38.1 Å². The Labute approximate surface area is 92.1 Å². The molecule has 1 amide bonds. The minimum atomic E-state index is -0.0944. The highest BCUT2D eigenvalue weighted by atomic mass is 79.9. The van der Waals surface area contributed by atoms with Crippen LogP contribution in [-0.2, 0) is 4.79 Å². The summed E-state index contributed by atoms with van der Waals surface area (Å²) < 4.78 is 0.951. The average molecular weight is 254 g/mol. The predicted octanol–water partition coefficient (Wildman–Crippen LogP) is 3.35. The van der Waals surface area contributed by atoms with Crippen LogP contribution in [0.5, 0.6) is 0 Å². The van der Waals surface area contributed by atoms with Crippen molar-refractivity contribution in [1.82, 2.24) is 0 Å². The van der Waals surface area contributed by atoms with E-state index in [-0.39, 0.29) is 5.91 Å². The fourth-order valence-electron chi connectivity index (χ4n) is 1.01. The second kappa shape index (κ2) is 4.96. The lowest BCUT2D eigenvalue weighted by Gasteiger charge is -2.02. The Kier molecular flexibility index (Phi) is 3.89. The van der Waals surface area contributed by atoms with Gasteiger partial charge in [0.2, 0.25) is 5.91 Å². The maximum Gasteiger partial charge on any atom is 0.248 e. The quantitative estimate of drug-likeness (QED) is 0.805. The number of rotatable bonds is 2. The molecule has 14 heavy (non-hydrogen) atoms. The topological polar surface area (TPSA) is 29.1 Å². The number of nitrogens with one attached hydrogen (secondary N) is 1. The standard InChI is InChI=1S/C11H12BrNO/c1-8(2)6-11(14)13-10-5-3-4-9(12)7-10/h3-7H,1-2H3,(H,13,14). The van der Waals surface area contributed by atoms with Crippen LogP contribution in [0, 0.1) is 0 Å². The summed E-state index contributed by atoms with van der Waals surface area (Å²) in [4.78, 5) is 11.3. The highest BCUT2D eigenvalue weighted by molar-refractivity contribution is 9.10. The summed E-state index contributed by atoms with van der Waals surface area (Å²) in [5, 5.41) is 2.77. The van der Waals surface area contributed by atoms with Crippen molar-refractivity contribution in [1.29, 1.82) is 0 Å². The molecule has 1 rings (SSSR count). The van der Waals surface area contributed by atoms with Crippen LogP contribution in [0.25, 0.3) is 0 Å². The maximum atomic E-state index is 11.3. The molecule has 2 nitrogen and oxygen atoms in total. The summed E-state index contributed by atoms with van der Waals surface area (Å²) in [6.07, 6.45) is 1.57. The van der Waals surface area contributed by atoms with Crippen LogP contribution in [0.15, 0.2) is 40.4 Å². The van der Waals surface area contributed by atoms with Gasteiger partial charge < -0.3 is 5.32 Å². The van der Waals surface area contributed by atoms with Gasteiger partial charge in [-0.15, -0.1) is 0 Å². The molecule has 1 aromatic carbocycles. The van der Waals surface area contributed by atoms with Crippen molar-refractivity contribution in [3.8, 4) is 0 Å². The van der Waals surface area contributed by atoms with Gasteiger partial charge in [0.25, 0.3) is 0 Å². The van der Waals surface area contributed by atoms with Crippen molar-refractivity contribution >= 4 is 27.5 Å². The van der Waals surface area contributed by atoms with E-state index in [0.717, 1.165) is 15.7 Å². The Bertz CT molecular complexity index is 367. The molecule has 1 N–H and O–H groups in total. The number of halogens is 1. The van der Waals surface area contributed by atoms with E-state index in [2.05, 4.69) is 21.2 Å². The SMILES string of the molecule is CC(C)=CC(=O)Nc1cccc(Br)c1. The number of benzene rings is 1. The van der Waals surface area contributed by atoms with Crippen LogP contribution in [0.4, 0.5) is 5.69 Å². The first-order valence-corrected chi connectivity index (χ1v) is 5.08. The number of hydrogen-bond donors (Lipinski definition) is 1. The highest BCUT2D eigenvalue weighted by Gasteiger charge is 1.98. The lowest BCUT2D eigenvalue weighted by atomic mass is 10.3. The number of hydrogen-bond acceptors (Lipinski definition) is 1. The van der Waals surface area contributed by atoms with Crippen LogP contribution < -0.4 is 5.32 Å². The van der Waals surface area contributed by atoms with Crippen molar-refractivity contribution in [3.63, 3.8) is 0 Å². The summed E-state index contributed by atoms with van der Waals surface area (Å²) >= 11 is 3.34. The van der Waals surface area contributed by atoms with E-state index in [4.69, 9.17) is 0 Å². The number of carbonyl (C=O) groups excluding carboxylic acids is 1. The second-order valence-corrected chi connectivity index (χ2v) is 4.14. The van der Waals surface area contributed by atoms with Gasteiger partial charge in [-0.1, -0.05) is 27.6 Å². The van der Waals surface area contributed by atoms with Gasteiger partial charge in [0.1, 0.15) is 0 Å². The van der Waals surface area contributed by atoms with Crippen molar-refractivity contribution in [3.05, 3.63) is 40.4 Å². The molecule has 0 fully saturated rings. The number of carbonyl (C=O) groups is 1. The Balaban J connectivity index is 2.70. The molecule has 0 spiro atoms. The van der Waals surface area contributed by atoms with Crippen LogP contribution in [0.2, 0.25) is 0 Å². The smallest absolute Gasteiger partial charge is 0.248 e. The summed E-state index contributed by atoms with van der Waals surface area (Å²) in [7, 11) is 0. The molecule has 3 heteroatoms. The second-order valence-electron chi connectivity index (χ2n) is 3.22. The van der Waals surface area contributed by atoms with Crippen molar-refractivity contribution < 1.29 is 4.79 Å². The predicted molar refractivity (Wildman–Crippen MR) is 62.2 cm³/mol. The normalized spacial score (nSPS) is 9.36. The Morgan fingerprint density at radius 1 is 1.43 bits per heavy atom. The molecule has 0 radical (unpaired) electrons. The first-order chi connectivity index (χ1) is 6.58. The Morgan fingerprint density at radius 2 is 2.14 bits per heavy atom. The van der Waals surface area contributed by atoms with E-state index in [0.29, 0.717) is 0 Å². The van der Waals surface area contributed by atoms with Gasteiger partial charge in [-0.3, -0.25) is 4.79 Å². The molecule has 0 aliphatic carbocycles. The molecule has 1 aromatic rings. The van der Waals surface area contributed by atoms with Gasteiger partial charge in [0, 0.05) is 16.2 Å². The van der Waals surface area contributed by atoms with Crippen LogP contribution in [-0.4, -0.2) is 5.91 Å². The van der Waals surface area contributed by atoms with Gasteiger partial charge in [0.15, 0.2) is 0 Å². The Morgan fingerprint density at radius 3 is 2.71 bits per heavy atom. The summed E-state index contributed by atoms with van der Waals surface area (Å²) in [5.74, 6) is -0.0944. The van der Waals surface area contributed by atoms with E-state index in [1.54, 1.807) is 6.08 Å². The van der Waals surface area contributed by atoms with Gasteiger partial charge >= 0.3 is 0 Å². The zero-order chi connectivity index (χ0) is 10.6. The Hall–Kier alpha value is -1.09. The molecule has 0 aromatic heterocycles. The van der Waals surface area contributed by atoms with E-state index >= 15 is 0 Å². The average Bonchev–Trinajstić information content (AvgIpc) is 2.01. The third-order valence-electron chi connectivity index (χ3n) is 1.51. The van der Waals surface area contributed by atoms with Crippen molar-refractivity contribution in [2.75, 3.05) is 5.32 Å². The van der Waals surface area contributed by atoms with Gasteiger partial charge in [0.05, 0.1) is 0 Å². The minimum absolute atomic E-state index is 0.0944. The first-order valence-electron chi connectivity index (χ1n) is 4.29. The van der Waals surface area contributed by atoms with Crippen LogP contribution >= 0.6 is 15.9 Å². The molecule has 0 atom stereocenters. The molecule has 0 saturated carbocycles. The minimum Gasteiger partial charge on any atom is -0.322 e. The summed E-state index contributed by atoms with van der Waals surface area (Å²) in [5.41, 5.74) is 1.78. The maximum absolute atomic E-state index is 11.3. The third kappa shape index (κ3) is 3.75. The number of amides is 1. The van der Waals surface area contributed by atoms with E-state index in [9.17, 15) is 4.79 Å². The third-order valence-corrected chi connectivity index (χ3v) is 2.01. The highest BCUT2D eigenvalue weighted by Crippen LogP contribution is 2.15. The molecular formula is C11H12BrNO. The zero-order valence-electron chi connectivity index (χ0n) is 8.17. The molecule has 0 saturated heterocycles. The number of anilines is 1. The molecule has 0 aliphatic rings. The first kappa shape index (κ1) is 11.0. The van der Waals surface area contributed by atoms with Crippen LogP contribution in [0.1, 0.15) is 13.8 Å². The molecule has 0 unspecified atom stereocenters. The number of allylic oxidation sites excluding steroid dienone is 1. The fraction of sp³-hybridized carbons (Fsp3) is 0.182. The zero-order valence-corrected chi connectivity index (χ0v) is 9.76. The largest absolute Gasteiger partial charge is 0.322 e. The van der Waals surface area contributed by atoms with Gasteiger partial charge in [-0.05, 0) is 32.0 Å². The summed E-state index contributed by atoms with van der Waals surface area (Å²) in [6, 6.07) is 7.50. The molecule has 74 valence electrons. The van der Waals surface area contributed by atoms with Crippen LogP contribution in [0.3, 0.4) is 0 Å². The van der Waals surface area contributed by atoms with E-state index < -0.39 is 0 Å². The van der Waals surface area contributed by atoms with E-state index in [1.165, 1.54) is 0 Å². The van der Waals surface area contributed by atoms with Gasteiger partial charge in [-0.25, -0.2) is 0 Å². The molecule has 0 heterocycles. The molecular weight excluding hydrogens is 242 g/mol. The monoisotopic (exact) mass is 253 g/mol. The van der Waals surface area contributed by atoms with Crippen molar-refractivity contribution in [2.24, 2.45) is 0 Å². The van der Waals surface area contributed by atoms with Crippen molar-refractivity contribution in [2.45, 2.75) is 13.8 Å². The molecule has 0 bridgehead atoms. The lowest BCUT2D eigenvalue weighted by molar-refractivity contribution is -0.111. The fourth-order valence-corrected chi connectivity index (χ4v) is 1.41.